The number of carbonyl (C=O) groups excluding carboxylic acids is 2. The molecule has 1 unspecified atom stereocenters. The van der Waals surface area contributed by atoms with Crippen LogP contribution in [-0.4, -0.2) is 35.4 Å². The number of halogens is 1. The summed E-state index contributed by atoms with van der Waals surface area (Å²) in [5.41, 5.74) is 1.36. The minimum absolute atomic E-state index is 0.104. The lowest BCUT2D eigenvalue weighted by molar-refractivity contribution is -0.139. The van der Waals surface area contributed by atoms with Crippen molar-refractivity contribution in [3.8, 4) is 5.75 Å². The molecule has 1 saturated heterocycles. The number of ketones is 1. The van der Waals surface area contributed by atoms with Crippen LogP contribution in [-0.2, 0) is 9.59 Å². The topological polar surface area (TPSA) is 66.8 Å². The zero-order valence-electron chi connectivity index (χ0n) is 17.3. The number of likely N-dealkylation sites (tertiary alicyclic amines) is 1. The van der Waals surface area contributed by atoms with E-state index in [1.165, 1.54) is 0 Å². The molecule has 5 nitrogen and oxygen atoms in total. The van der Waals surface area contributed by atoms with E-state index in [0.29, 0.717) is 28.8 Å². The van der Waals surface area contributed by atoms with Crippen molar-refractivity contribution in [2.45, 2.75) is 19.4 Å². The predicted molar refractivity (Wildman–Crippen MR) is 124 cm³/mol. The first-order valence-electron chi connectivity index (χ1n) is 10.1. The highest BCUT2D eigenvalue weighted by atomic mass is 79.9. The quantitative estimate of drug-likeness (QED) is 0.300. The highest BCUT2D eigenvalue weighted by molar-refractivity contribution is 9.10. The zero-order chi connectivity index (χ0) is 22.1. The van der Waals surface area contributed by atoms with Crippen LogP contribution in [0.3, 0.4) is 0 Å². The van der Waals surface area contributed by atoms with E-state index in [9.17, 15) is 14.7 Å². The third kappa shape index (κ3) is 3.61. The number of hydrogen-bond acceptors (Lipinski definition) is 4. The first kappa shape index (κ1) is 21.1. The van der Waals surface area contributed by atoms with Crippen molar-refractivity contribution < 1.29 is 19.4 Å². The van der Waals surface area contributed by atoms with Crippen LogP contribution in [0.1, 0.15) is 30.5 Å². The summed E-state index contributed by atoms with van der Waals surface area (Å²) in [4.78, 5) is 27.6. The number of fused-ring (bicyclic) bond motifs is 1. The minimum atomic E-state index is -0.671. The molecule has 158 valence electrons. The summed E-state index contributed by atoms with van der Waals surface area (Å²) in [6, 6.07) is 18.1. The number of methoxy groups -OCH3 is 1. The van der Waals surface area contributed by atoms with Crippen LogP contribution in [0.4, 0.5) is 0 Å². The SMILES string of the molecule is CCCN1C(=O)C(=O)/C(=C(\O)c2ccc(OC)c(Br)c2)C1c1cccc2ccccc12. The number of ether oxygens (including phenoxy) is 1. The van der Waals surface area contributed by atoms with Gasteiger partial charge in [-0.3, -0.25) is 9.59 Å². The highest BCUT2D eigenvalue weighted by Gasteiger charge is 2.46. The first-order valence-corrected chi connectivity index (χ1v) is 10.9. The molecule has 1 amide bonds. The van der Waals surface area contributed by atoms with Gasteiger partial charge in [0.25, 0.3) is 11.7 Å². The Morgan fingerprint density at radius 1 is 1.10 bits per heavy atom. The van der Waals surface area contributed by atoms with Crippen LogP contribution in [0, 0.1) is 0 Å². The standard InChI is InChI=1S/C25H22BrNO4/c1-3-13-27-22(18-10-6-8-15-7-4-5-9-17(15)18)21(24(29)25(27)30)23(28)16-11-12-20(31-2)19(26)14-16/h4-12,14,22,28H,3,13H2,1-2H3/b23-21-. The molecule has 1 fully saturated rings. The van der Waals surface area contributed by atoms with E-state index >= 15 is 0 Å². The number of amides is 1. The van der Waals surface area contributed by atoms with Crippen LogP contribution in [0.2, 0.25) is 0 Å². The molecule has 0 radical (unpaired) electrons. The van der Waals surface area contributed by atoms with E-state index < -0.39 is 17.7 Å². The summed E-state index contributed by atoms with van der Waals surface area (Å²) in [5, 5.41) is 13.2. The van der Waals surface area contributed by atoms with Gasteiger partial charge in [0.1, 0.15) is 11.5 Å². The van der Waals surface area contributed by atoms with Gasteiger partial charge in [0.2, 0.25) is 0 Å². The summed E-state index contributed by atoms with van der Waals surface area (Å²) in [6.07, 6.45) is 0.697. The number of aliphatic hydroxyl groups excluding tert-OH is 1. The molecular weight excluding hydrogens is 458 g/mol. The average Bonchev–Trinajstić information content (AvgIpc) is 3.03. The molecule has 3 aromatic rings. The molecule has 0 bridgehead atoms. The van der Waals surface area contributed by atoms with Gasteiger partial charge in [-0.05, 0) is 56.9 Å². The molecule has 6 heteroatoms. The van der Waals surface area contributed by atoms with E-state index in [0.717, 1.165) is 16.3 Å². The fourth-order valence-corrected chi connectivity index (χ4v) is 4.67. The summed E-state index contributed by atoms with van der Waals surface area (Å²) in [6.45, 7) is 2.38. The van der Waals surface area contributed by atoms with Crippen molar-refractivity contribution in [1.29, 1.82) is 0 Å². The molecular formula is C25H22BrNO4. The largest absolute Gasteiger partial charge is 0.507 e. The normalized spacial score (nSPS) is 18.0. The second-order valence-corrected chi connectivity index (χ2v) is 8.26. The Morgan fingerprint density at radius 2 is 1.84 bits per heavy atom. The summed E-state index contributed by atoms with van der Waals surface area (Å²) in [7, 11) is 1.55. The number of nitrogens with zero attached hydrogens (tertiary/aromatic N) is 1. The second kappa shape index (κ2) is 8.55. The Bertz CT molecular complexity index is 1210. The summed E-state index contributed by atoms with van der Waals surface area (Å²) in [5.74, 6) is -0.850. The summed E-state index contributed by atoms with van der Waals surface area (Å²) >= 11 is 3.42. The Morgan fingerprint density at radius 3 is 2.55 bits per heavy atom. The van der Waals surface area contributed by atoms with Gasteiger partial charge in [-0.25, -0.2) is 0 Å². The van der Waals surface area contributed by atoms with Crippen molar-refractivity contribution in [3.05, 3.63) is 81.8 Å². The average molecular weight is 480 g/mol. The number of aliphatic hydroxyl groups is 1. The molecule has 0 aliphatic carbocycles. The van der Waals surface area contributed by atoms with Gasteiger partial charge in [0, 0.05) is 12.1 Å². The lowest BCUT2D eigenvalue weighted by Crippen LogP contribution is -2.30. The Kier molecular flexibility index (Phi) is 5.83. The lowest BCUT2D eigenvalue weighted by atomic mass is 9.91. The Balaban J connectivity index is 1.96. The fraction of sp³-hybridized carbons (Fsp3) is 0.200. The van der Waals surface area contributed by atoms with E-state index in [2.05, 4.69) is 15.9 Å². The monoisotopic (exact) mass is 479 g/mol. The van der Waals surface area contributed by atoms with Crippen LogP contribution >= 0.6 is 15.9 Å². The van der Waals surface area contributed by atoms with Gasteiger partial charge in [0.15, 0.2) is 0 Å². The maximum atomic E-state index is 13.1. The molecule has 0 saturated carbocycles. The number of rotatable bonds is 5. The lowest BCUT2D eigenvalue weighted by Gasteiger charge is -2.26. The van der Waals surface area contributed by atoms with Gasteiger partial charge in [-0.15, -0.1) is 0 Å². The minimum Gasteiger partial charge on any atom is -0.507 e. The van der Waals surface area contributed by atoms with Gasteiger partial charge < -0.3 is 14.7 Å². The third-order valence-electron chi connectivity index (χ3n) is 5.55. The molecule has 1 aliphatic heterocycles. The molecule has 1 aliphatic rings. The van der Waals surface area contributed by atoms with Crippen molar-refractivity contribution >= 4 is 44.2 Å². The van der Waals surface area contributed by atoms with E-state index in [-0.39, 0.29) is 11.3 Å². The fourth-order valence-electron chi connectivity index (χ4n) is 4.13. The maximum Gasteiger partial charge on any atom is 0.295 e. The van der Waals surface area contributed by atoms with Crippen LogP contribution < -0.4 is 4.74 Å². The predicted octanol–water partition coefficient (Wildman–Crippen LogP) is 5.44. The number of carbonyl (C=O) groups is 2. The van der Waals surface area contributed by atoms with Gasteiger partial charge >= 0.3 is 0 Å². The second-order valence-electron chi connectivity index (χ2n) is 7.41. The van der Waals surface area contributed by atoms with Crippen molar-refractivity contribution in [1.82, 2.24) is 4.90 Å². The molecule has 1 atom stereocenters. The Labute approximate surface area is 189 Å². The van der Waals surface area contributed by atoms with Crippen LogP contribution in [0.15, 0.2) is 70.7 Å². The van der Waals surface area contributed by atoms with Gasteiger partial charge in [-0.2, -0.15) is 0 Å². The maximum absolute atomic E-state index is 13.1. The van der Waals surface area contributed by atoms with Crippen molar-refractivity contribution in [2.24, 2.45) is 0 Å². The van der Waals surface area contributed by atoms with Gasteiger partial charge in [0.05, 0.1) is 23.2 Å². The molecule has 4 rings (SSSR count). The van der Waals surface area contributed by atoms with Crippen molar-refractivity contribution in [3.63, 3.8) is 0 Å². The van der Waals surface area contributed by atoms with E-state index in [1.54, 1.807) is 30.2 Å². The highest BCUT2D eigenvalue weighted by Crippen LogP contribution is 2.42. The number of Topliss-reactive ketones (excluding diaryl/α,β-unsaturated/α-hetero) is 1. The van der Waals surface area contributed by atoms with E-state index in [1.807, 2.05) is 49.4 Å². The summed E-state index contributed by atoms with van der Waals surface area (Å²) < 4.78 is 5.90. The Hall–Kier alpha value is -3.12. The molecule has 1 N–H and O–H groups in total. The molecule has 0 spiro atoms. The molecule has 0 aromatic heterocycles. The smallest absolute Gasteiger partial charge is 0.295 e. The third-order valence-corrected chi connectivity index (χ3v) is 6.17. The first-order chi connectivity index (χ1) is 15.0. The van der Waals surface area contributed by atoms with Crippen LogP contribution in [0.25, 0.3) is 16.5 Å². The molecule has 3 aromatic carbocycles. The van der Waals surface area contributed by atoms with Crippen molar-refractivity contribution in [2.75, 3.05) is 13.7 Å². The van der Waals surface area contributed by atoms with Crippen LogP contribution in [0.5, 0.6) is 5.75 Å². The number of hydrogen-bond donors (Lipinski definition) is 1. The molecule has 31 heavy (non-hydrogen) atoms. The van der Waals surface area contributed by atoms with Gasteiger partial charge in [-0.1, -0.05) is 49.4 Å². The van der Waals surface area contributed by atoms with E-state index in [4.69, 9.17) is 4.74 Å². The molecule has 1 heterocycles. The number of benzene rings is 3. The zero-order valence-corrected chi connectivity index (χ0v) is 18.8.